The van der Waals surface area contributed by atoms with Gasteiger partial charge in [-0.3, -0.25) is 0 Å². The molecule has 1 saturated carbocycles. The molecule has 0 spiro atoms. The van der Waals surface area contributed by atoms with Gasteiger partial charge < -0.3 is 0 Å². The van der Waals surface area contributed by atoms with Crippen LogP contribution in [0.3, 0.4) is 0 Å². The monoisotopic (exact) mass is 273 g/mol. The van der Waals surface area contributed by atoms with E-state index in [9.17, 15) is 8.42 Å². The highest BCUT2D eigenvalue weighted by Crippen LogP contribution is 2.27. The van der Waals surface area contributed by atoms with E-state index in [1.807, 2.05) is 17.5 Å². The van der Waals surface area contributed by atoms with Crippen molar-refractivity contribution in [2.45, 2.75) is 32.2 Å². The molecule has 0 radical (unpaired) electrons. The Morgan fingerprint density at radius 2 is 2.12 bits per heavy atom. The van der Waals surface area contributed by atoms with Crippen molar-refractivity contribution in [1.82, 2.24) is 4.31 Å². The van der Waals surface area contributed by atoms with Crippen molar-refractivity contribution in [3.05, 3.63) is 22.4 Å². The predicted octanol–water partition coefficient (Wildman–Crippen LogP) is 2.70. The Hall–Kier alpha value is -0.390. The molecular weight excluding hydrogens is 254 g/mol. The molecule has 0 atom stereocenters. The smallest absolute Gasteiger partial charge is 0.212 e. The van der Waals surface area contributed by atoms with E-state index in [2.05, 4.69) is 0 Å². The van der Waals surface area contributed by atoms with Gasteiger partial charge >= 0.3 is 0 Å². The van der Waals surface area contributed by atoms with Crippen molar-refractivity contribution >= 4 is 21.4 Å². The Balaban J connectivity index is 1.94. The number of nitrogens with zero attached hydrogens (tertiary/aromatic N) is 1. The van der Waals surface area contributed by atoms with Crippen molar-refractivity contribution in [1.29, 1.82) is 0 Å². The third-order valence-corrected chi connectivity index (χ3v) is 6.19. The van der Waals surface area contributed by atoms with Gasteiger partial charge in [0.2, 0.25) is 10.0 Å². The number of sulfonamides is 1. The summed E-state index contributed by atoms with van der Waals surface area (Å²) in [7, 11) is -1.40. The second-order valence-corrected chi connectivity index (χ2v) is 7.92. The molecule has 0 aromatic carbocycles. The van der Waals surface area contributed by atoms with Crippen molar-refractivity contribution in [2.24, 2.45) is 5.92 Å². The summed E-state index contributed by atoms with van der Waals surface area (Å²) in [6.45, 7) is 0.507. The Bertz CT molecular complexity index is 433. The van der Waals surface area contributed by atoms with Gasteiger partial charge in [0.05, 0.1) is 5.75 Å². The molecule has 2 rings (SSSR count). The van der Waals surface area contributed by atoms with Crippen LogP contribution in [0.25, 0.3) is 0 Å². The normalized spacial score (nSPS) is 18.0. The molecule has 17 heavy (non-hydrogen) atoms. The van der Waals surface area contributed by atoms with Crippen LogP contribution in [0.5, 0.6) is 0 Å². The van der Waals surface area contributed by atoms with Crippen molar-refractivity contribution in [3.8, 4) is 0 Å². The Kier molecular flexibility index (Phi) is 4.22. The zero-order valence-electron chi connectivity index (χ0n) is 10.1. The minimum absolute atomic E-state index is 0.328. The van der Waals surface area contributed by atoms with E-state index in [4.69, 9.17) is 0 Å². The lowest BCUT2D eigenvalue weighted by Crippen LogP contribution is -2.30. The Labute approximate surface area is 108 Å². The Morgan fingerprint density at radius 1 is 1.41 bits per heavy atom. The minimum atomic E-state index is -3.08. The largest absolute Gasteiger partial charge is 0.214 e. The van der Waals surface area contributed by atoms with E-state index in [1.54, 1.807) is 18.4 Å². The average molecular weight is 273 g/mol. The number of rotatable bonds is 5. The lowest BCUT2D eigenvalue weighted by atomic mass is 10.1. The van der Waals surface area contributed by atoms with E-state index in [0.29, 0.717) is 18.2 Å². The summed E-state index contributed by atoms with van der Waals surface area (Å²) in [4.78, 5) is 1.10. The lowest BCUT2D eigenvalue weighted by Gasteiger charge is -2.18. The molecule has 3 nitrogen and oxygen atoms in total. The first-order chi connectivity index (χ1) is 8.08. The summed E-state index contributed by atoms with van der Waals surface area (Å²) in [6.07, 6.45) is 4.53. The molecule has 0 aliphatic heterocycles. The molecule has 0 saturated heterocycles. The van der Waals surface area contributed by atoms with Crippen LogP contribution < -0.4 is 0 Å². The summed E-state index contributed by atoms with van der Waals surface area (Å²) in [6, 6.07) is 3.93. The number of thiophene rings is 1. The highest BCUT2D eigenvalue weighted by Gasteiger charge is 2.25. The molecular formula is C12H19NO2S2. The molecule has 0 bridgehead atoms. The molecule has 0 amide bonds. The molecule has 1 aliphatic rings. The van der Waals surface area contributed by atoms with Crippen molar-refractivity contribution in [3.63, 3.8) is 0 Å². The first-order valence-corrected chi connectivity index (χ1v) is 8.53. The van der Waals surface area contributed by atoms with Gasteiger partial charge in [-0.1, -0.05) is 18.9 Å². The number of hydrogen-bond acceptors (Lipinski definition) is 3. The maximum absolute atomic E-state index is 12.1. The minimum Gasteiger partial charge on any atom is -0.212 e. The molecule has 1 heterocycles. The van der Waals surface area contributed by atoms with Crippen molar-refractivity contribution < 1.29 is 8.42 Å². The summed E-state index contributed by atoms with van der Waals surface area (Å²) in [5.41, 5.74) is 0. The van der Waals surface area contributed by atoms with Crippen LogP contribution in [-0.2, 0) is 16.6 Å². The SMILES string of the molecule is CN(Cc1cccs1)S(=O)(=O)CC1CCCC1. The van der Waals surface area contributed by atoms with Gasteiger partial charge in [0, 0.05) is 18.5 Å². The van der Waals surface area contributed by atoms with E-state index in [0.717, 1.165) is 17.7 Å². The lowest BCUT2D eigenvalue weighted by molar-refractivity contribution is 0.456. The van der Waals surface area contributed by atoms with Crippen LogP contribution in [0.15, 0.2) is 17.5 Å². The van der Waals surface area contributed by atoms with Gasteiger partial charge in [-0.2, -0.15) is 4.31 Å². The van der Waals surface area contributed by atoms with Crippen LogP contribution in [-0.4, -0.2) is 25.5 Å². The standard InChI is InChI=1S/C12H19NO2S2/c1-13(9-12-7-4-8-16-12)17(14,15)10-11-5-2-3-6-11/h4,7-8,11H,2-3,5-6,9-10H2,1H3. The fraction of sp³-hybridized carbons (Fsp3) is 0.667. The molecule has 1 aromatic rings. The molecule has 1 aliphatic carbocycles. The highest BCUT2D eigenvalue weighted by molar-refractivity contribution is 7.89. The second-order valence-electron chi connectivity index (χ2n) is 4.76. The predicted molar refractivity (Wildman–Crippen MR) is 71.5 cm³/mol. The molecule has 1 aromatic heterocycles. The van der Waals surface area contributed by atoms with Gasteiger partial charge in [0.25, 0.3) is 0 Å². The molecule has 5 heteroatoms. The maximum atomic E-state index is 12.1. The van der Waals surface area contributed by atoms with Crippen LogP contribution in [0.4, 0.5) is 0 Å². The summed E-state index contributed by atoms with van der Waals surface area (Å²) in [5, 5.41) is 1.98. The van der Waals surface area contributed by atoms with Gasteiger partial charge in [-0.25, -0.2) is 8.42 Å². The summed E-state index contributed by atoms with van der Waals surface area (Å²) >= 11 is 1.60. The average Bonchev–Trinajstić information content (AvgIpc) is 2.90. The highest BCUT2D eigenvalue weighted by atomic mass is 32.2. The second kappa shape index (κ2) is 5.50. The zero-order chi connectivity index (χ0) is 12.3. The van der Waals surface area contributed by atoms with E-state index in [1.165, 1.54) is 17.1 Å². The van der Waals surface area contributed by atoms with E-state index < -0.39 is 10.0 Å². The number of hydrogen-bond donors (Lipinski definition) is 0. The third kappa shape index (κ3) is 3.53. The summed E-state index contributed by atoms with van der Waals surface area (Å²) < 4.78 is 25.8. The maximum Gasteiger partial charge on any atom is 0.214 e. The van der Waals surface area contributed by atoms with Crippen LogP contribution in [0.1, 0.15) is 30.6 Å². The van der Waals surface area contributed by atoms with Gasteiger partial charge in [-0.05, 0) is 30.2 Å². The first kappa shape index (κ1) is 13.1. The van der Waals surface area contributed by atoms with Crippen LogP contribution >= 0.6 is 11.3 Å². The third-order valence-electron chi connectivity index (χ3n) is 3.35. The van der Waals surface area contributed by atoms with Crippen LogP contribution in [0.2, 0.25) is 0 Å². The van der Waals surface area contributed by atoms with Crippen molar-refractivity contribution in [2.75, 3.05) is 12.8 Å². The topological polar surface area (TPSA) is 37.4 Å². The zero-order valence-corrected chi connectivity index (χ0v) is 11.8. The fourth-order valence-corrected chi connectivity index (χ4v) is 4.68. The molecule has 0 unspecified atom stereocenters. The quantitative estimate of drug-likeness (QED) is 0.827. The molecule has 1 fully saturated rings. The summed E-state index contributed by atoms with van der Waals surface area (Å²) in [5.74, 6) is 0.709. The van der Waals surface area contributed by atoms with Gasteiger partial charge in [0.15, 0.2) is 0 Å². The van der Waals surface area contributed by atoms with E-state index >= 15 is 0 Å². The molecule has 0 N–H and O–H groups in total. The first-order valence-electron chi connectivity index (χ1n) is 6.04. The van der Waals surface area contributed by atoms with Crippen LogP contribution in [0, 0.1) is 5.92 Å². The Morgan fingerprint density at radius 3 is 2.71 bits per heavy atom. The van der Waals surface area contributed by atoms with Gasteiger partial charge in [0.1, 0.15) is 0 Å². The van der Waals surface area contributed by atoms with E-state index in [-0.39, 0.29) is 0 Å². The molecule has 96 valence electrons. The van der Waals surface area contributed by atoms with Gasteiger partial charge in [-0.15, -0.1) is 11.3 Å². The fourth-order valence-electron chi connectivity index (χ4n) is 2.32.